The van der Waals surface area contributed by atoms with Gasteiger partial charge in [0, 0.05) is 5.69 Å². The van der Waals surface area contributed by atoms with Crippen molar-refractivity contribution in [1.82, 2.24) is 15.5 Å². The first kappa shape index (κ1) is 21.6. The largest absolute Gasteiger partial charge is 0.495 e. The van der Waals surface area contributed by atoms with Crippen molar-refractivity contribution in [3.8, 4) is 5.75 Å². The molecule has 8 nitrogen and oxygen atoms in total. The molecule has 0 saturated heterocycles. The minimum atomic E-state index is -0.570. The number of rotatable bonds is 7. The van der Waals surface area contributed by atoms with Crippen molar-refractivity contribution < 1.29 is 14.3 Å². The Labute approximate surface area is 182 Å². The van der Waals surface area contributed by atoms with Crippen LogP contribution >= 0.6 is 23.1 Å². The molecule has 2 aromatic carbocycles. The van der Waals surface area contributed by atoms with Crippen LogP contribution in [0.1, 0.15) is 11.1 Å². The number of urea groups is 1. The number of amides is 3. The van der Waals surface area contributed by atoms with Gasteiger partial charge in [-0.05, 0) is 49.2 Å². The Bertz CT molecular complexity index is 1050. The number of methoxy groups -OCH3 is 1. The number of carbonyl (C=O) groups excluding carboxylic acids is 2. The van der Waals surface area contributed by atoms with Crippen LogP contribution in [0, 0.1) is 13.8 Å². The third-order valence-electron chi connectivity index (χ3n) is 4.10. The quantitative estimate of drug-likeness (QED) is 0.466. The second-order valence-electron chi connectivity index (χ2n) is 6.29. The maximum Gasteiger partial charge on any atom is 0.325 e. The van der Waals surface area contributed by atoms with Crippen LogP contribution in [-0.4, -0.2) is 35.0 Å². The molecular weight excluding hydrogens is 422 g/mol. The van der Waals surface area contributed by atoms with Gasteiger partial charge < -0.3 is 15.4 Å². The minimum absolute atomic E-state index is 0.0453. The highest BCUT2D eigenvalue weighted by molar-refractivity contribution is 8.01. The van der Waals surface area contributed by atoms with Gasteiger partial charge in [0.15, 0.2) is 4.34 Å². The number of hydrogen-bond donors (Lipinski definition) is 3. The molecule has 0 saturated carbocycles. The number of carbonyl (C=O) groups is 2. The summed E-state index contributed by atoms with van der Waals surface area (Å²) in [6, 6.07) is 12.5. The van der Waals surface area contributed by atoms with Crippen LogP contribution in [0.4, 0.5) is 21.3 Å². The number of benzene rings is 2. The molecular formula is C20H21N5O3S2. The highest BCUT2D eigenvalue weighted by atomic mass is 32.2. The van der Waals surface area contributed by atoms with E-state index in [-0.39, 0.29) is 5.75 Å². The standard InChI is InChI=1S/C20H21N5O3S2/c1-12-8-9-14(10-13(12)2)21-18(27)23-17(26)11-29-20-25-24-19(30-20)22-15-6-4-5-7-16(15)28-3/h4-10H,11H2,1-3H3,(H,22,24)(H2,21,23,26,27). The molecule has 10 heteroatoms. The van der Waals surface area contributed by atoms with Crippen molar-refractivity contribution in [2.75, 3.05) is 23.5 Å². The number of aryl methyl sites for hydroxylation is 2. The van der Waals surface area contributed by atoms with Gasteiger partial charge in [0.05, 0.1) is 18.6 Å². The molecule has 30 heavy (non-hydrogen) atoms. The van der Waals surface area contributed by atoms with Gasteiger partial charge in [0.2, 0.25) is 11.0 Å². The minimum Gasteiger partial charge on any atom is -0.495 e. The van der Waals surface area contributed by atoms with Crippen LogP contribution in [0.5, 0.6) is 5.75 Å². The number of para-hydroxylation sites is 2. The number of nitrogens with one attached hydrogen (secondary N) is 3. The van der Waals surface area contributed by atoms with Crippen LogP contribution in [0.2, 0.25) is 0 Å². The van der Waals surface area contributed by atoms with Crippen LogP contribution in [0.25, 0.3) is 0 Å². The highest BCUT2D eigenvalue weighted by Gasteiger charge is 2.12. The van der Waals surface area contributed by atoms with Crippen molar-refractivity contribution >= 4 is 51.5 Å². The Morgan fingerprint density at radius 3 is 2.67 bits per heavy atom. The maximum atomic E-state index is 12.1. The van der Waals surface area contributed by atoms with E-state index in [1.165, 1.54) is 23.1 Å². The van der Waals surface area contributed by atoms with Crippen molar-refractivity contribution in [3.05, 3.63) is 53.6 Å². The van der Waals surface area contributed by atoms with Gasteiger partial charge in [-0.15, -0.1) is 10.2 Å². The fourth-order valence-corrected chi connectivity index (χ4v) is 4.02. The first-order chi connectivity index (χ1) is 14.4. The molecule has 3 N–H and O–H groups in total. The molecule has 0 spiro atoms. The average Bonchev–Trinajstić information content (AvgIpc) is 3.17. The Hall–Kier alpha value is -3.11. The molecule has 3 rings (SSSR count). The van der Waals surface area contributed by atoms with Gasteiger partial charge in [-0.1, -0.05) is 41.3 Å². The molecule has 0 aliphatic rings. The van der Waals surface area contributed by atoms with E-state index in [1.54, 1.807) is 13.2 Å². The van der Waals surface area contributed by atoms with Gasteiger partial charge in [-0.25, -0.2) is 4.79 Å². The Balaban J connectivity index is 1.48. The van der Waals surface area contributed by atoms with E-state index in [4.69, 9.17) is 4.74 Å². The predicted molar refractivity (Wildman–Crippen MR) is 120 cm³/mol. The zero-order valence-corrected chi connectivity index (χ0v) is 18.3. The molecule has 0 bridgehead atoms. The number of hydrogen-bond acceptors (Lipinski definition) is 8. The number of aromatic nitrogens is 2. The van der Waals surface area contributed by atoms with Crippen LogP contribution < -0.4 is 20.7 Å². The lowest BCUT2D eigenvalue weighted by Gasteiger charge is -2.08. The first-order valence-electron chi connectivity index (χ1n) is 8.99. The summed E-state index contributed by atoms with van der Waals surface area (Å²) in [5.74, 6) is 0.315. The van der Waals surface area contributed by atoms with E-state index in [1.807, 2.05) is 50.2 Å². The third kappa shape index (κ3) is 5.94. The van der Waals surface area contributed by atoms with Crippen molar-refractivity contribution in [2.24, 2.45) is 0 Å². The number of thioether (sulfide) groups is 1. The number of ether oxygens (including phenoxy) is 1. The van der Waals surface area contributed by atoms with Crippen LogP contribution in [0.3, 0.4) is 0 Å². The predicted octanol–water partition coefficient (Wildman–Crippen LogP) is 4.35. The molecule has 0 fully saturated rings. The summed E-state index contributed by atoms with van der Waals surface area (Å²) in [7, 11) is 1.59. The average molecular weight is 444 g/mol. The van der Waals surface area contributed by atoms with E-state index in [2.05, 4.69) is 26.1 Å². The van der Waals surface area contributed by atoms with E-state index in [0.717, 1.165) is 16.8 Å². The molecule has 1 aromatic heterocycles. The zero-order valence-electron chi connectivity index (χ0n) is 16.7. The monoisotopic (exact) mass is 443 g/mol. The summed E-state index contributed by atoms with van der Waals surface area (Å²) >= 11 is 2.51. The smallest absolute Gasteiger partial charge is 0.325 e. The lowest BCUT2D eigenvalue weighted by molar-refractivity contribution is -0.117. The zero-order chi connectivity index (χ0) is 21.5. The molecule has 3 amide bonds. The summed E-state index contributed by atoms with van der Waals surface area (Å²) in [6.45, 7) is 3.95. The summed E-state index contributed by atoms with van der Waals surface area (Å²) < 4.78 is 5.90. The summed E-state index contributed by atoms with van der Waals surface area (Å²) in [6.07, 6.45) is 0. The van der Waals surface area contributed by atoms with E-state index < -0.39 is 11.9 Å². The highest BCUT2D eigenvalue weighted by Crippen LogP contribution is 2.31. The second kappa shape index (κ2) is 10.1. The molecule has 156 valence electrons. The summed E-state index contributed by atoms with van der Waals surface area (Å²) in [5, 5.41) is 16.8. The Morgan fingerprint density at radius 2 is 1.90 bits per heavy atom. The lowest BCUT2D eigenvalue weighted by atomic mass is 10.1. The second-order valence-corrected chi connectivity index (χ2v) is 8.49. The van der Waals surface area contributed by atoms with Crippen LogP contribution in [-0.2, 0) is 4.79 Å². The maximum absolute atomic E-state index is 12.1. The van der Waals surface area contributed by atoms with Crippen LogP contribution in [0.15, 0.2) is 46.8 Å². The fourth-order valence-electron chi connectivity index (χ4n) is 2.45. The van der Waals surface area contributed by atoms with E-state index in [9.17, 15) is 9.59 Å². The fraction of sp³-hybridized carbons (Fsp3) is 0.200. The number of nitrogens with zero attached hydrogens (tertiary/aromatic N) is 2. The molecule has 0 unspecified atom stereocenters. The SMILES string of the molecule is COc1ccccc1Nc1nnc(SCC(=O)NC(=O)Nc2ccc(C)c(C)c2)s1. The Morgan fingerprint density at radius 1 is 1.10 bits per heavy atom. The molecule has 0 aliphatic carbocycles. The van der Waals surface area contributed by atoms with E-state index in [0.29, 0.717) is 20.9 Å². The van der Waals surface area contributed by atoms with Crippen molar-refractivity contribution in [3.63, 3.8) is 0 Å². The summed E-state index contributed by atoms with van der Waals surface area (Å²) in [4.78, 5) is 24.0. The van der Waals surface area contributed by atoms with Gasteiger partial charge in [-0.3, -0.25) is 10.1 Å². The van der Waals surface area contributed by atoms with Gasteiger partial charge in [-0.2, -0.15) is 0 Å². The third-order valence-corrected chi connectivity index (χ3v) is 6.07. The number of anilines is 3. The molecule has 0 atom stereocenters. The van der Waals surface area contributed by atoms with Crippen molar-refractivity contribution in [1.29, 1.82) is 0 Å². The lowest BCUT2D eigenvalue weighted by Crippen LogP contribution is -2.35. The van der Waals surface area contributed by atoms with Gasteiger partial charge in [0.1, 0.15) is 5.75 Å². The molecule has 0 radical (unpaired) electrons. The summed E-state index contributed by atoms with van der Waals surface area (Å²) in [5.41, 5.74) is 3.59. The molecule has 1 heterocycles. The molecule has 0 aliphatic heterocycles. The topological polar surface area (TPSA) is 105 Å². The van der Waals surface area contributed by atoms with Gasteiger partial charge in [0.25, 0.3) is 0 Å². The number of imide groups is 1. The molecule has 3 aromatic rings. The Kier molecular flexibility index (Phi) is 7.26. The van der Waals surface area contributed by atoms with Crippen molar-refractivity contribution in [2.45, 2.75) is 18.2 Å². The van der Waals surface area contributed by atoms with E-state index >= 15 is 0 Å². The normalized spacial score (nSPS) is 10.4. The van der Waals surface area contributed by atoms with Gasteiger partial charge >= 0.3 is 6.03 Å². The first-order valence-corrected chi connectivity index (χ1v) is 10.8.